The third-order valence-corrected chi connectivity index (χ3v) is 19.0. The number of allylic oxidation sites excluding steroid dienone is 3. The first-order valence-electron chi connectivity index (χ1n) is 23.0. The third kappa shape index (κ3) is 10.9. The molecule has 0 bridgehead atoms. The van der Waals surface area contributed by atoms with Crippen LogP contribution in [0.1, 0.15) is 42.3 Å². The van der Waals surface area contributed by atoms with E-state index >= 15 is 0 Å². The van der Waals surface area contributed by atoms with Gasteiger partial charge in [0.2, 0.25) is 0 Å². The molecular formula is C61H49EuF3O6P2. The van der Waals surface area contributed by atoms with Crippen LogP contribution in [0.4, 0.5) is 13.2 Å². The quantitative estimate of drug-likeness (QED) is 0.0669. The number of carbonyl (C=O) groups excluding carboxylic acids is 1. The molecule has 1 aliphatic rings. The van der Waals surface area contributed by atoms with E-state index in [4.69, 9.17) is 4.42 Å². The van der Waals surface area contributed by atoms with Crippen LogP contribution in [0.15, 0.2) is 246 Å². The normalized spacial score (nSPS) is 12.7. The molecule has 12 heteroatoms. The summed E-state index contributed by atoms with van der Waals surface area (Å²) in [5.74, 6) is -3.49. The zero-order valence-corrected chi connectivity index (χ0v) is 44.2. The Morgan fingerprint density at radius 3 is 1.45 bits per heavy atom. The number of fused-ring (bicyclic) bond motifs is 4. The van der Waals surface area contributed by atoms with Gasteiger partial charge in [-0.1, -0.05) is 227 Å². The zero-order valence-electron chi connectivity index (χ0n) is 40.0. The summed E-state index contributed by atoms with van der Waals surface area (Å²) < 4.78 is 71.1. The van der Waals surface area contributed by atoms with Crippen LogP contribution in [0.5, 0.6) is 5.75 Å². The van der Waals surface area contributed by atoms with Crippen molar-refractivity contribution in [3.63, 3.8) is 0 Å². The van der Waals surface area contributed by atoms with Crippen molar-refractivity contribution in [1.82, 2.24) is 0 Å². The summed E-state index contributed by atoms with van der Waals surface area (Å²) in [6, 6.07) is 66.8. The molecule has 0 unspecified atom stereocenters. The minimum Gasteiger partial charge on any atom is -0.506 e. The van der Waals surface area contributed by atoms with Crippen LogP contribution in [0.25, 0.3) is 33.2 Å². The minimum atomic E-state index is -5.32. The van der Waals surface area contributed by atoms with Gasteiger partial charge in [-0.2, -0.15) is 13.2 Å². The molecule has 0 spiro atoms. The molecule has 10 rings (SSSR count). The number of carbonyl (C=O) groups is 1. The van der Waals surface area contributed by atoms with Crippen LogP contribution in [0.3, 0.4) is 0 Å². The predicted octanol–water partition coefficient (Wildman–Crippen LogP) is 13.6. The number of benzene rings is 8. The Kier molecular flexibility index (Phi) is 17.1. The van der Waals surface area contributed by atoms with Crippen LogP contribution in [0.2, 0.25) is 0 Å². The van der Waals surface area contributed by atoms with Gasteiger partial charge >= 0.3 is 11.8 Å². The van der Waals surface area contributed by atoms with E-state index in [-0.39, 0.29) is 65.8 Å². The van der Waals surface area contributed by atoms with Crippen LogP contribution in [-0.4, -0.2) is 17.1 Å². The summed E-state index contributed by atoms with van der Waals surface area (Å²) in [7, 11) is -5.57. The molecule has 1 aliphatic carbocycles. The summed E-state index contributed by atoms with van der Waals surface area (Å²) in [5.41, 5.74) is 2.59. The summed E-state index contributed by atoms with van der Waals surface area (Å²) in [4.78, 5) is 23.6. The third-order valence-electron chi connectivity index (χ3n) is 12.7. The molecule has 0 atom stereocenters. The number of hydrogen-bond donors (Lipinski definition) is 1. The second-order valence-corrected chi connectivity index (χ2v) is 22.9. The van der Waals surface area contributed by atoms with Crippen LogP contribution >= 0.6 is 14.3 Å². The van der Waals surface area contributed by atoms with E-state index in [1.54, 1.807) is 12.1 Å². The molecule has 6 nitrogen and oxygen atoms in total. The Hall–Kier alpha value is -6.25. The smallest absolute Gasteiger partial charge is 0.455 e. The largest absolute Gasteiger partial charge is 0.506 e. The fourth-order valence-corrected chi connectivity index (χ4v) is 14.5. The second kappa shape index (κ2) is 22.9. The van der Waals surface area contributed by atoms with E-state index in [0.29, 0.717) is 5.56 Å². The Balaban J connectivity index is 0.000000169. The van der Waals surface area contributed by atoms with Crippen molar-refractivity contribution >= 4 is 57.6 Å². The zero-order chi connectivity index (χ0) is 51.3. The van der Waals surface area contributed by atoms with Crippen molar-refractivity contribution in [2.24, 2.45) is 0 Å². The molecule has 0 saturated carbocycles. The molecule has 73 heavy (non-hydrogen) atoms. The molecule has 0 aliphatic heterocycles. The number of halogens is 3. The molecule has 0 saturated heterocycles. The van der Waals surface area contributed by atoms with Gasteiger partial charge in [-0.15, -0.1) is 0 Å². The van der Waals surface area contributed by atoms with E-state index in [1.165, 1.54) is 17.7 Å². The van der Waals surface area contributed by atoms with Crippen molar-refractivity contribution in [3.05, 3.63) is 263 Å². The van der Waals surface area contributed by atoms with Gasteiger partial charge in [0.05, 0.1) is 5.39 Å². The predicted molar refractivity (Wildman–Crippen MR) is 287 cm³/mol. The van der Waals surface area contributed by atoms with Gasteiger partial charge in [-0.25, -0.2) is 4.79 Å². The molecule has 0 amide bonds. The van der Waals surface area contributed by atoms with E-state index in [2.05, 4.69) is 32.6 Å². The molecule has 367 valence electrons. The topological polar surface area (TPSA) is 102 Å². The maximum atomic E-state index is 13.8. The number of alkyl halides is 3. The fraction of sp³-hybridized carbons (Fsp3) is 0.0820. The first-order chi connectivity index (χ1) is 34.5. The first-order valence-corrected chi connectivity index (χ1v) is 26.4. The van der Waals surface area contributed by atoms with Crippen molar-refractivity contribution in [3.8, 4) is 28.0 Å². The number of rotatable bonds is 9. The van der Waals surface area contributed by atoms with Gasteiger partial charge < -0.3 is 18.7 Å². The standard InChI is InChI=1S/C26H17F3O4.C18H15OP.C17H17OP.Eu/c1-25(2)18-6-4-3-5-15(18)16-9-7-14(12-19(16)25)13-8-10-20-17(11-13)22(30)21(24(32)33-20)23(31)26(27,28)29;19-20(16-10-4-1-5-11-16,17-12-6-2-7-13-17)18-14-8-3-9-15-18;1-3-15(4-2)19(18,16-11-7-5-8-12-16)17-13-9-6-10-14-17;/h3-12,30H,1-2H3;1-15H;3-14H,1H2,2H3;/b;;15-4+;. The first kappa shape index (κ1) is 54.5. The number of hydrogen-bond acceptors (Lipinski definition) is 6. The average Bonchev–Trinajstić information content (AvgIpc) is 3.64. The molecule has 1 N–H and O–H groups in total. The molecule has 1 heterocycles. The van der Waals surface area contributed by atoms with Crippen LogP contribution in [0, 0.1) is 49.4 Å². The molecular weight excluding hydrogens is 1100 g/mol. The Labute approximate surface area is 463 Å². The van der Waals surface area contributed by atoms with Crippen molar-refractivity contribution in [1.29, 1.82) is 0 Å². The number of Topliss-reactive ketones (excluding diaryl/α,β-unsaturated/α-hetero) is 1. The Morgan fingerprint density at radius 2 is 1.00 bits per heavy atom. The molecule has 1 aromatic heterocycles. The van der Waals surface area contributed by atoms with E-state index < -0.39 is 43.2 Å². The maximum Gasteiger partial charge on any atom is 0.455 e. The van der Waals surface area contributed by atoms with Gasteiger partial charge in [0.25, 0.3) is 5.78 Å². The van der Waals surface area contributed by atoms with Crippen molar-refractivity contribution < 1.29 is 86.0 Å². The van der Waals surface area contributed by atoms with Crippen molar-refractivity contribution in [2.45, 2.75) is 32.4 Å². The summed E-state index contributed by atoms with van der Waals surface area (Å²) >= 11 is 0. The van der Waals surface area contributed by atoms with Crippen molar-refractivity contribution in [2.75, 3.05) is 0 Å². The molecule has 1 radical (unpaired) electrons. The second-order valence-electron chi connectivity index (χ2n) is 17.4. The van der Waals surface area contributed by atoms with Crippen LogP contribution in [-0.2, 0) is 14.5 Å². The Morgan fingerprint density at radius 1 is 0.589 bits per heavy atom. The minimum absolute atomic E-state index is 0. The van der Waals surface area contributed by atoms with E-state index in [1.807, 2.05) is 195 Å². The summed E-state index contributed by atoms with van der Waals surface area (Å²) in [6.07, 6.45) is -1.74. The van der Waals surface area contributed by atoms with Gasteiger partial charge in [0.15, 0.2) is 19.8 Å². The average molecular weight is 1150 g/mol. The maximum absolute atomic E-state index is 13.8. The van der Waals surface area contributed by atoms with E-state index in [9.17, 15) is 37.0 Å². The Bertz CT molecular complexity index is 3470. The number of ketones is 1. The fourth-order valence-electron chi connectivity index (χ4n) is 9.10. The summed E-state index contributed by atoms with van der Waals surface area (Å²) in [6.45, 7) is 9.95. The van der Waals surface area contributed by atoms with E-state index in [0.717, 1.165) is 54.1 Å². The van der Waals surface area contributed by atoms with Gasteiger partial charge in [-0.3, -0.25) is 4.79 Å². The van der Waals surface area contributed by atoms with Gasteiger partial charge in [0.1, 0.15) is 11.3 Å². The van der Waals surface area contributed by atoms with Gasteiger partial charge in [0, 0.05) is 86.6 Å². The van der Waals surface area contributed by atoms with Gasteiger partial charge in [-0.05, 0) is 58.5 Å². The molecule has 9 aromatic rings. The monoisotopic (exact) mass is 1150 g/mol. The van der Waals surface area contributed by atoms with Crippen LogP contribution < -0.4 is 32.1 Å². The summed E-state index contributed by atoms with van der Waals surface area (Å²) in [5, 5.41) is 15.3. The number of aromatic hydroxyl groups is 1. The molecule has 0 fully saturated rings. The molecule has 8 aromatic carbocycles. The SMILES string of the molecule is C=C/C(=C\C)P(=O)(c1ccccc1)c1ccccc1.CC1(C)c2ccccc2-c2ccc(-c3ccc4oc(=O)c(C(=O)C(F)(F)F)c(O)c4c3)cc21.O=P(c1ccccc1)(c1ccccc1)c1ccccc1.[Eu].